The minimum absolute atomic E-state index is 0.0926. The molecule has 0 N–H and O–H groups in total. The molecule has 1 saturated heterocycles. The summed E-state index contributed by atoms with van der Waals surface area (Å²) in [4.78, 5) is 26.1. The van der Waals surface area contributed by atoms with Crippen molar-refractivity contribution in [1.82, 2.24) is 4.90 Å². The number of carbonyl (C=O) groups is 2. The van der Waals surface area contributed by atoms with Crippen LogP contribution in [0, 0.1) is 34.5 Å². The largest absolute Gasteiger partial charge is 0.460 e. The Morgan fingerprint density at radius 3 is 2.29 bits per heavy atom. The number of esters is 1. The molecule has 1 heterocycles. The summed E-state index contributed by atoms with van der Waals surface area (Å²) < 4.78 is 95.4. The number of fused-ring (bicyclic) bond motifs is 5. The molecule has 4 nitrogen and oxygen atoms in total. The quantitative estimate of drug-likeness (QED) is 0.349. The van der Waals surface area contributed by atoms with Gasteiger partial charge < -0.3 is 9.64 Å². The van der Waals surface area contributed by atoms with E-state index in [1.165, 1.54) is 17.7 Å². The molecule has 4 fully saturated rings. The fourth-order valence-electron chi connectivity index (χ4n) is 8.12. The van der Waals surface area contributed by atoms with Gasteiger partial charge in [0.1, 0.15) is 6.61 Å². The molecular formula is C24H32F7NO3. The number of rotatable bonds is 4. The number of nitrogens with zero attached hydrogens (tertiary/aromatic N) is 1. The Morgan fingerprint density at radius 1 is 1.00 bits per heavy atom. The highest BCUT2D eigenvalue weighted by molar-refractivity contribution is 5.82. The maximum absolute atomic E-state index is 13.7. The third kappa shape index (κ3) is 3.85. The van der Waals surface area contributed by atoms with Crippen molar-refractivity contribution in [3.8, 4) is 0 Å². The summed E-state index contributed by atoms with van der Waals surface area (Å²) in [6, 6.07) is -0.0926. The van der Waals surface area contributed by atoms with E-state index < -0.39 is 47.8 Å². The Labute approximate surface area is 199 Å². The molecule has 35 heavy (non-hydrogen) atoms. The second-order valence-corrected chi connectivity index (χ2v) is 11.7. The average Bonchev–Trinajstić information content (AvgIpc) is 3.16. The molecule has 2 unspecified atom stereocenters. The molecule has 0 radical (unpaired) electrons. The van der Waals surface area contributed by atoms with Crippen LogP contribution in [0.15, 0.2) is 0 Å². The standard InChI is InChI=1S/C24H32F7NO3/c1-20-9-4-5-15(20)14-6-7-17-21(2,16(14)8-10-20)11-13(18(33)32(17)3)12-35-19(34)22(25,26)23(27,28)24(29,30)31/h13-17H,4-12H2,1-3H3/t13?,14-,15-,16-,17?,20-,21+/m0/s1. The number of amides is 1. The Kier molecular flexibility index (Phi) is 6.23. The molecular weight excluding hydrogens is 483 g/mol. The highest BCUT2D eigenvalue weighted by Gasteiger charge is 2.77. The van der Waals surface area contributed by atoms with Crippen molar-refractivity contribution in [3.05, 3.63) is 0 Å². The number of likely N-dealkylation sites (tertiary alicyclic amines) is 1. The van der Waals surface area contributed by atoms with Gasteiger partial charge in [0.05, 0.1) is 5.92 Å². The zero-order chi connectivity index (χ0) is 26.2. The van der Waals surface area contributed by atoms with Crippen LogP contribution >= 0.6 is 0 Å². The van der Waals surface area contributed by atoms with E-state index in [-0.39, 0.29) is 18.4 Å². The number of hydrogen-bond donors (Lipinski definition) is 0. The van der Waals surface area contributed by atoms with Gasteiger partial charge in [-0.2, -0.15) is 30.7 Å². The molecule has 0 aromatic heterocycles. The van der Waals surface area contributed by atoms with Crippen LogP contribution in [0.4, 0.5) is 30.7 Å². The monoisotopic (exact) mass is 515 g/mol. The van der Waals surface area contributed by atoms with Crippen molar-refractivity contribution in [2.75, 3.05) is 13.7 Å². The third-order valence-corrected chi connectivity index (χ3v) is 9.87. The van der Waals surface area contributed by atoms with E-state index in [9.17, 15) is 40.3 Å². The van der Waals surface area contributed by atoms with Gasteiger partial charge in [-0.1, -0.05) is 20.3 Å². The number of piperidine rings is 1. The average molecular weight is 516 g/mol. The van der Waals surface area contributed by atoms with Crippen LogP contribution in [0.2, 0.25) is 0 Å². The smallest absolute Gasteiger partial charge is 0.460 e. The Hall–Kier alpha value is -1.55. The molecule has 7 atom stereocenters. The summed E-state index contributed by atoms with van der Waals surface area (Å²) in [5.41, 5.74) is -0.101. The topological polar surface area (TPSA) is 46.6 Å². The molecule has 200 valence electrons. The summed E-state index contributed by atoms with van der Waals surface area (Å²) >= 11 is 0. The first-order valence-electron chi connectivity index (χ1n) is 12.2. The zero-order valence-electron chi connectivity index (χ0n) is 20.1. The number of carbonyl (C=O) groups excluding carboxylic acids is 2. The molecule has 1 aliphatic heterocycles. The maximum Gasteiger partial charge on any atom is 0.460 e. The normalized spacial score (nSPS) is 40.1. The van der Waals surface area contributed by atoms with E-state index in [1.54, 1.807) is 7.05 Å². The van der Waals surface area contributed by atoms with Crippen molar-refractivity contribution >= 4 is 11.9 Å². The van der Waals surface area contributed by atoms with Crippen LogP contribution in [0.3, 0.4) is 0 Å². The van der Waals surface area contributed by atoms with Gasteiger partial charge in [0, 0.05) is 13.1 Å². The van der Waals surface area contributed by atoms with Crippen LogP contribution in [0.1, 0.15) is 65.2 Å². The first kappa shape index (κ1) is 26.5. The summed E-state index contributed by atoms with van der Waals surface area (Å²) in [5.74, 6) is -16.0. The first-order chi connectivity index (χ1) is 16.0. The summed E-state index contributed by atoms with van der Waals surface area (Å²) in [6.07, 6.45) is 0.871. The molecule has 3 saturated carbocycles. The second-order valence-electron chi connectivity index (χ2n) is 11.7. The van der Waals surface area contributed by atoms with Gasteiger partial charge in [-0.05, 0) is 73.5 Å². The molecule has 0 spiro atoms. The lowest BCUT2D eigenvalue weighted by molar-refractivity contribution is -0.348. The van der Waals surface area contributed by atoms with E-state index in [2.05, 4.69) is 18.6 Å². The van der Waals surface area contributed by atoms with Crippen LogP contribution < -0.4 is 0 Å². The second kappa shape index (κ2) is 8.23. The lowest BCUT2D eigenvalue weighted by Crippen LogP contribution is -2.63. The number of hydrogen-bond acceptors (Lipinski definition) is 3. The summed E-state index contributed by atoms with van der Waals surface area (Å²) in [7, 11) is 1.59. The van der Waals surface area contributed by atoms with E-state index in [0.717, 1.165) is 32.1 Å². The molecule has 3 aliphatic carbocycles. The van der Waals surface area contributed by atoms with E-state index in [4.69, 9.17) is 0 Å². The van der Waals surface area contributed by atoms with Crippen molar-refractivity contribution in [2.24, 2.45) is 34.5 Å². The van der Waals surface area contributed by atoms with Crippen LogP contribution in [-0.4, -0.2) is 54.5 Å². The summed E-state index contributed by atoms with van der Waals surface area (Å²) in [5, 5.41) is 0. The number of halogens is 7. The number of alkyl halides is 7. The van der Waals surface area contributed by atoms with Crippen molar-refractivity contribution in [1.29, 1.82) is 0 Å². The van der Waals surface area contributed by atoms with Crippen molar-refractivity contribution < 1.29 is 45.1 Å². The van der Waals surface area contributed by atoms with Crippen molar-refractivity contribution in [2.45, 2.75) is 89.3 Å². The fourth-order valence-corrected chi connectivity index (χ4v) is 8.12. The molecule has 0 aromatic rings. The molecule has 4 aliphatic rings. The molecule has 1 amide bonds. The number of ether oxygens (including phenoxy) is 1. The molecule has 11 heteroatoms. The first-order valence-corrected chi connectivity index (χ1v) is 12.2. The van der Waals surface area contributed by atoms with Gasteiger partial charge in [-0.15, -0.1) is 0 Å². The van der Waals surface area contributed by atoms with Gasteiger partial charge in [-0.25, -0.2) is 4.79 Å². The van der Waals surface area contributed by atoms with Crippen molar-refractivity contribution in [3.63, 3.8) is 0 Å². The Bertz CT molecular complexity index is 878. The van der Waals surface area contributed by atoms with Crippen LogP contribution in [0.25, 0.3) is 0 Å². The predicted molar refractivity (Wildman–Crippen MR) is 111 cm³/mol. The minimum Gasteiger partial charge on any atom is -0.460 e. The molecule has 0 aromatic carbocycles. The van der Waals surface area contributed by atoms with Gasteiger partial charge in [0.25, 0.3) is 0 Å². The lowest BCUT2D eigenvalue weighted by atomic mass is 9.47. The molecule has 0 bridgehead atoms. The molecule has 4 rings (SSSR count). The third-order valence-electron chi connectivity index (χ3n) is 9.87. The maximum atomic E-state index is 13.7. The summed E-state index contributed by atoms with van der Waals surface area (Å²) in [6.45, 7) is 3.42. The highest BCUT2D eigenvalue weighted by Crippen LogP contribution is 2.65. The van der Waals surface area contributed by atoms with Gasteiger partial charge in [0.2, 0.25) is 5.91 Å². The van der Waals surface area contributed by atoms with E-state index >= 15 is 0 Å². The van der Waals surface area contributed by atoms with Crippen LogP contribution in [0.5, 0.6) is 0 Å². The van der Waals surface area contributed by atoms with E-state index in [1.807, 2.05) is 0 Å². The van der Waals surface area contributed by atoms with E-state index in [0.29, 0.717) is 17.3 Å². The van der Waals surface area contributed by atoms with Crippen LogP contribution in [-0.2, 0) is 14.3 Å². The minimum atomic E-state index is -6.63. The Morgan fingerprint density at radius 2 is 1.66 bits per heavy atom. The predicted octanol–water partition coefficient (Wildman–Crippen LogP) is 5.84. The van der Waals surface area contributed by atoms with Gasteiger partial charge in [-0.3, -0.25) is 4.79 Å². The lowest BCUT2D eigenvalue weighted by Gasteiger charge is -2.62. The fraction of sp³-hybridized carbons (Fsp3) is 0.917. The zero-order valence-corrected chi connectivity index (χ0v) is 20.1. The van der Waals surface area contributed by atoms with Gasteiger partial charge >= 0.3 is 24.0 Å². The SMILES string of the molecule is CN1C(=O)C(COC(=O)C(F)(F)C(F)(F)C(F)(F)F)C[C@@]2(C)C1CC[C@H]1[C@@H]3CCC[C@@]3(C)CC[C@@H]12. The van der Waals surface area contributed by atoms with Gasteiger partial charge in [0.15, 0.2) is 0 Å². The Balaban J connectivity index is 1.51. The highest BCUT2D eigenvalue weighted by atomic mass is 19.4.